The average molecular weight is 516 g/mol. The summed E-state index contributed by atoms with van der Waals surface area (Å²) < 4.78 is 5.38. The van der Waals surface area contributed by atoms with Crippen molar-refractivity contribution in [3.05, 3.63) is 138 Å². The van der Waals surface area contributed by atoms with Gasteiger partial charge in [-0.05, 0) is 0 Å². The molecule has 4 aromatic rings. The molecule has 0 unspecified atom stereocenters. The van der Waals surface area contributed by atoms with E-state index in [9.17, 15) is 9.59 Å². The molecule has 0 aromatic heterocycles. The number of esters is 1. The first kappa shape index (κ1) is 25.4. The van der Waals surface area contributed by atoms with Gasteiger partial charge >= 0.3 is 217 Å². The molecule has 0 saturated carbocycles. The molecule has 4 nitrogen and oxygen atoms in total. The van der Waals surface area contributed by atoms with Crippen molar-refractivity contribution in [2.24, 2.45) is 0 Å². The predicted molar refractivity (Wildman–Crippen MR) is 150 cm³/mol. The normalized spacial score (nSPS) is 12.7. The van der Waals surface area contributed by atoms with Crippen molar-refractivity contribution >= 4 is 45.0 Å². The Morgan fingerprint density at radius 1 is 0.722 bits per heavy atom. The van der Waals surface area contributed by atoms with Gasteiger partial charge in [0.25, 0.3) is 0 Å². The van der Waals surface area contributed by atoms with Crippen LogP contribution in [0, 0.1) is 0 Å². The van der Waals surface area contributed by atoms with Gasteiger partial charge < -0.3 is 0 Å². The number of rotatable bonds is 8. The van der Waals surface area contributed by atoms with E-state index in [1.165, 1.54) is 0 Å². The Kier molecular flexibility index (Phi) is 7.69. The monoisotopic (exact) mass is 515 g/mol. The Bertz CT molecular complexity index is 1260. The minimum absolute atomic E-state index is 0.00470. The molecule has 0 aliphatic carbocycles. The summed E-state index contributed by atoms with van der Waals surface area (Å²) in [6.07, 6.45) is 0. The molecule has 1 amide bonds. The van der Waals surface area contributed by atoms with Crippen LogP contribution in [0.2, 0.25) is 0 Å². The molecule has 0 aliphatic heterocycles. The fourth-order valence-corrected chi connectivity index (χ4v) is 9.77. The second kappa shape index (κ2) is 10.9. The molecular formula is C30H27ClNO3P. The molecule has 4 rings (SSSR count). The Morgan fingerprint density at radius 3 is 1.50 bits per heavy atom. The summed E-state index contributed by atoms with van der Waals surface area (Å²) in [5.74, 6) is -3.33. The van der Waals surface area contributed by atoms with Gasteiger partial charge in [0.2, 0.25) is 0 Å². The van der Waals surface area contributed by atoms with Crippen LogP contribution in [0.25, 0.3) is 0 Å². The summed E-state index contributed by atoms with van der Waals surface area (Å²) >= 11 is 8.04. The summed E-state index contributed by atoms with van der Waals surface area (Å²) in [6.45, 7) is 1.87. The number of carbonyl (C=O) groups is 2. The number of halogens is 1. The molecule has 0 aliphatic rings. The van der Waals surface area contributed by atoms with Crippen molar-refractivity contribution in [1.29, 1.82) is 0 Å². The number of amides is 1. The Labute approximate surface area is 216 Å². The average Bonchev–Trinajstić information content (AvgIpc) is 2.94. The van der Waals surface area contributed by atoms with E-state index in [-0.39, 0.29) is 12.3 Å². The summed E-state index contributed by atoms with van der Waals surface area (Å²) in [5.41, 5.74) is 0.414. The molecule has 36 heavy (non-hydrogen) atoms. The minimum atomic E-state index is -3.98. The van der Waals surface area contributed by atoms with Crippen LogP contribution in [-0.2, 0) is 9.53 Å². The van der Waals surface area contributed by atoms with Gasteiger partial charge in [-0.3, -0.25) is 0 Å². The van der Waals surface area contributed by atoms with Gasteiger partial charge in [0, 0.05) is 0 Å². The SMILES string of the molecule is CCOC(=O)C(=CP(Cl)(c1ccccc1)(c1ccccc1)c1ccccc1)NC(=O)c1ccccc1. The summed E-state index contributed by atoms with van der Waals surface area (Å²) in [6, 6.07) is 37.8. The molecular weight excluding hydrogens is 489 g/mol. The van der Waals surface area contributed by atoms with Crippen LogP contribution >= 0.6 is 17.2 Å². The van der Waals surface area contributed by atoms with E-state index in [1.54, 1.807) is 37.0 Å². The third-order valence-corrected chi connectivity index (χ3v) is 12.7. The van der Waals surface area contributed by atoms with Gasteiger partial charge in [0.15, 0.2) is 0 Å². The number of nitrogens with one attached hydrogen (secondary N) is 1. The van der Waals surface area contributed by atoms with Crippen LogP contribution in [0.4, 0.5) is 0 Å². The number of hydrogen-bond donors (Lipinski definition) is 1. The van der Waals surface area contributed by atoms with E-state index >= 15 is 0 Å². The van der Waals surface area contributed by atoms with Gasteiger partial charge in [-0.2, -0.15) is 0 Å². The zero-order valence-corrected chi connectivity index (χ0v) is 21.5. The van der Waals surface area contributed by atoms with Gasteiger partial charge in [0.05, 0.1) is 0 Å². The van der Waals surface area contributed by atoms with Gasteiger partial charge in [-0.25, -0.2) is 0 Å². The van der Waals surface area contributed by atoms with Crippen molar-refractivity contribution in [2.75, 3.05) is 6.61 Å². The molecule has 6 heteroatoms. The van der Waals surface area contributed by atoms with E-state index in [2.05, 4.69) is 5.32 Å². The number of benzene rings is 4. The van der Waals surface area contributed by atoms with Crippen LogP contribution in [0.3, 0.4) is 0 Å². The molecule has 0 spiro atoms. The van der Waals surface area contributed by atoms with Crippen molar-refractivity contribution < 1.29 is 14.3 Å². The molecule has 0 radical (unpaired) electrons. The van der Waals surface area contributed by atoms with E-state index in [0.717, 1.165) is 15.9 Å². The molecule has 1 N–H and O–H groups in total. The van der Waals surface area contributed by atoms with Gasteiger partial charge in [-0.15, -0.1) is 0 Å². The summed E-state index contributed by atoms with van der Waals surface area (Å²) in [5, 5.41) is 5.30. The van der Waals surface area contributed by atoms with E-state index in [1.807, 2.05) is 97.1 Å². The van der Waals surface area contributed by atoms with Gasteiger partial charge in [0.1, 0.15) is 0 Å². The van der Waals surface area contributed by atoms with Crippen molar-refractivity contribution in [3.8, 4) is 0 Å². The van der Waals surface area contributed by atoms with E-state index < -0.39 is 17.8 Å². The van der Waals surface area contributed by atoms with Crippen LogP contribution in [0.1, 0.15) is 17.3 Å². The molecule has 0 atom stereocenters. The second-order valence-electron chi connectivity index (χ2n) is 8.16. The second-order valence-corrected chi connectivity index (χ2v) is 14.2. The number of hydrogen-bond acceptors (Lipinski definition) is 3. The van der Waals surface area contributed by atoms with Gasteiger partial charge in [-0.1, -0.05) is 0 Å². The third kappa shape index (κ3) is 4.83. The molecule has 0 saturated heterocycles. The van der Waals surface area contributed by atoms with Crippen LogP contribution < -0.4 is 21.2 Å². The Balaban J connectivity index is 2.05. The third-order valence-electron chi connectivity index (χ3n) is 5.93. The summed E-state index contributed by atoms with van der Waals surface area (Å²) in [7, 11) is 0. The van der Waals surface area contributed by atoms with Crippen LogP contribution in [0.15, 0.2) is 133 Å². The fourth-order valence-electron chi connectivity index (χ4n) is 4.20. The van der Waals surface area contributed by atoms with Crippen LogP contribution in [0.5, 0.6) is 0 Å². The van der Waals surface area contributed by atoms with E-state index in [0.29, 0.717) is 5.56 Å². The number of carbonyl (C=O) groups excluding carboxylic acids is 2. The summed E-state index contributed by atoms with van der Waals surface area (Å²) in [4.78, 5) is 26.5. The fraction of sp³-hybridized carbons (Fsp3) is 0.0667. The quantitative estimate of drug-likeness (QED) is 0.191. The maximum atomic E-state index is 13.3. The van der Waals surface area contributed by atoms with Crippen molar-refractivity contribution in [1.82, 2.24) is 5.32 Å². The maximum absolute atomic E-state index is 13.3. The molecule has 0 heterocycles. The first-order valence-electron chi connectivity index (χ1n) is 11.6. The zero-order valence-electron chi connectivity index (χ0n) is 19.9. The molecule has 4 aromatic carbocycles. The Morgan fingerprint density at radius 2 is 1.11 bits per heavy atom. The standard InChI is InChI=1S/C30H27ClNO3P/c1-2-35-30(34)28(32-29(33)24-15-7-3-8-16-24)23-36(31,25-17-9-4-10-18-25,26-19-11-5-12-20-26)27-21-13-6-14-22-27/h3-23H,2H2,1H3,(H,32,33). The molecule has 182 valence electrons. The number of ether oxygens (including phenoxy) is 1. The van der Waals surface area contributed by atoms with Crippen molar-refractivity contribution in [2.45, 2.75) is 6.92 Å². The topological polar surface area (TPSA) is 55.4 Å². The predicted octanol–water partition coefficient (Wildman–Crippen LogP) is 5.50. The van der Waals surface area contributed by atoms with Crippen molar-refractivity contribution in [3.63, 3.8) is 0 Å². The van der Waals surface area contributed by atoms with E-state index in [4.69, 9.17) is 16.0 Å². The Hall–Kier alpha value is -3.72. The first-order chi connectivity index (χ1) is 17.5. The molecule has 0 bridgehead atoms. The first-order valence-corrected chi connectivity index (χ1v) is 14.8. The van der Waals surface area contributed by atoms with Crippen LogP contribution in [-0.4, -0.2) is 18.5 Å². The molecule has 0 fully saturated rings. The zero-order chi connectivity index (χ0) is 25.5.